The predicted octanol–water partition coefficient (Wildman–Crippen LogP) is 10.3. The number of unbranched alkanes of at least 4 members (excludes halogenated alkanes) is 17. The van der Waals surface area contributed by atoms with Crippen LogP contribution in [0.1, 0.15) is 162 Å². The quantitative estimate of drug-likeness (QED) is 0.0303. The van der Waals surface area contributed by atoms with Gasteiger partial charge in [-0.2, -0.15) is 0 Å². The first-order valence-corrected chi connectivity index (χ1v) is 20.1. The molecule has 0 saturated heterocycles. The van der Waals surface area contributed by atoms with Crippen LogP contribution in [0.2, 0.25) is 0 Å². The number of ether oxygens (including phenoxy) is 3. The van der Waals surface area contributed by atoms with E-state index < -0.39 is 18.1 Å². The molecule has 0 aliphatic carbocycles. The minimum absolute atomic E-state index is 0.0544. The molecule has 0 heterocycles. The Morgan fingerprint density at radius 3 is 1.64 bits per heavy atom. The van der Waals surface area contributed by atoms with Crippen LogP contribution in [-0.2, 0) is 28.6 Å². The maximum absolute atomic E-state index is 12.7. The molecular weight excluding hydrogens is 630 g/mol. The maximum atomic E-state index is 12.7. The number of quaternary nitrogens is 1. The van der Waals surface area contributed by atoms with E-state index in [4.69, 9.17) is 14.2 Å². The van der Waals surface area contributed by atoms with Gasteiger partial charge in [-0.25, -0.2) is 4.79 Å². The van der Waals surface area contributed by atoms with Crippen molar-refractivity contribution < 1.29 is 38.2 Å². The van der Waals surface area contributed by atoms with E-state index in [9.17, 15) is 19.5 Å². The average Bonchev–Trinajstić information content (AvgIpc) is 3.06. The molecule has 2 unspecified atom stereocenters. The fourth-order valence-corrected chi connectivity index (χ4v) is 5.74. The first-order chi connectivity index (χ1) is 24.1. The van der Waals surface area contributed by atoms with Gasteiger partial charge in [0.25, 0.3) is 0 Å². The normalized spacial score (nSPS) is 13.4. The zero-order valence-corrected chi connectivity index (χ0v) is 32.8. The fourth-order valence-electron chi connectivity index (χ4n) is 5.74. The van der Waals surface area contributed by atoms with Crippen LogP contribution in [0.3, 0.4) is 0 Å². The molecule has 8 heteroatoms. The van der Waals surface area contributed by atoms with Gasteiger partial charge in [0.15, 0.2) is 12.1 Å². The molecule has 1 N–H and O–H groups in total. The number of carbonyl (C=O) groups is 3. The Morgan fingerprint density at radius 1 is 0.620 bits per heavy atom. The lowest BCUT2D eigenvalue weighted by atomic mass is 10.0. The molecule has 0 radical (unpaired) electrons. The van der Waals surface area contributed by atoms with E-state index in [1.54, 1.807) is 0 Å². The van der Waals surface area contributed by atoms with Crippen LogP contribution in [0.5, 0.6) is 0 Å². The van der Waals surface area contributed by atoms with Crippen molar-refractivity contribution in [2.75, 3.05) is 41.0 Å². The van der Waals surface area contributed by atoms with Crippen molar-refractivity contribution in [3.63, 3.8) is 0 Å². The van der Waals surface area contributed by atoms with E-state index in [0.717, 1.165) is 64.2 Å². The number of hydrogen-bond donors (Lipinski definition) is 1. The third kappa shape index (κ3) is 31.5. The number of carboxylic acids is 1. The topological polar surface area (TPSA) is 99.1 Å². The van der Waals surface area contributed by atoms with Gasteiger partial charge in [0.2, 0.25) is 0 Å². The van der Waals surface area contributed by atoms with E-state index in [2.05, 4.69) is 44.2 Å². The van der Waals surface area contributed by atoms with Gasteiger partial charge in [-0.3, -0.25) is 9.59 Å². The van der Waals surface area contributed by atoms with E-state index in [0.29, 0.717) is 19.3 Å². The molecule has 50 heavy (non-hydrogen) atoms. The number of esters is 2. The predicted molar refractivity (Wildman–Crippen MR) is 206 cm³/mol. The zero-order valence-electron chi connectivity index (χ0n) is 32.8. The van der Waals surface area contributed by atoms with Gasteiger partial charge >= 0.3 is 17.9 Å². The highest BCUT2D eigenvalue weighted by molar-refractivity contribution is 5.72. The molecular formula is C42H76NO7+. The van der Waals surface area contributed by atoms with Crippen molar-refractivity contribution in [3.05, 3.63) is 36.5 Å². The van der Waals surface area contributed by atoms with Gasteiger partial charge in [-0.1, -0.05) is 147 Å². The minimum Gasteiger partial charge on any atom is -0.477 e. The highest BCUT2D eigenvalue weighted by Gasteiger charge is 2.31. The molecule has 2 atom stereocenters. The van der Waals surface area contributed by atoms with Crippen molar-refractivity contribution in [2.24, 2.45) is 0 Å². The van der Waals surface area contributed by atoms with Gasteiger partial charge in [0.1, 0.15) is 6.61 Å². The molecule has 290 valence electrons. The van der Waals surface area contributed by atoms with Crippen molar-refractivity contribution in [1.29, 1.82) is 0 Å². The highest BCUT2D eigenvalue weighted by Crippen LogP contribution is 2.14. The molecule has 0 aromatic rings. The second-order valence-corrected chi connectivity index (χ2v) is 14.6. The van der Waals surface area contributed by atoms with Gasteiger partial charge in [-0.15, -0.1) is 0 Å². The summed E-state index contributed by atoms with van der Waals surface area (Å²) in [5.41, 5.74) is 0. The number of carbonyl (C=O) groups excluding carboxylic acids is 2. The smallest absolute Gasteiger partial charge is 0.362 e. The SMILES string of the molecule is CC/C=C/C=C/C=C/CCCCCCCC(=O)OC(COCCC(C(=O)O)[N+](C)(C)C)COC(=O)CCCCCCCCCCCCCCC. The van der Waals surface area contributed by atoms with Crippen molar-refractivity contribution in [1.82, 2.24) is 0 Å². The lowest BCUT2D eigenvalue weighted by Crippen LogP contribution is -2.50. The third-order valence-corrected chi connectivity index (χ3v) is 8.87. The third-order valence-electron chi connectivity index (χ3n) is 8.87. The summed E-state index contributed by atoms with van der Waals surface area (Å²) in [6.45, 7) is 4.57. The molecule has 0 amide bonds. The number of hydrogen-bond acceptors (Lipinski definition) is 6. The molecule has 0 bridgehead atoms. The largest absolute Gasteiger partial charge is 0.477 e. The molecule has 8 nitrogen and oxygen atoms in total. The van der Waals surface area contributed by atoms with Crippen LogP contribution in [0.15, 0.2) is 36.5 Å². The standard InChI is InChI=1S/C42H75NO7/c1-6-8-10-12-14-16-18-20-22-24-26-28-30-32-40(44)49-37-38(36-48-35-34-39(42(46)47)43(3,4)5)50-41(45)33-31-29-27-25-23-21-19-17-15-13-11-9-7-2/h9,11,13,15,17,19,38-39H,6-8,10,12,14,16,18,20-37H2,1-5H3/p+1/b11-9+,15-13+,19-17+. The number of likely N-dealkylation sites (N-methyl/N-ethyl adjacent to an activating group) is 1. The number of carboxylic acid groups (broad SMARTS) is 1. The van der Waals surface area contributed by atoms with Gasteiger partial charge in [0, 0.05) is 19.3 Å². The van der Waals surface area contributed by atoms with Crippen LogP contribution in [0.4, 0.5) is 0 Å². The summed E-state index contributed by atoms with van der Waals surface area (Å²) in [5.74, 6) is -1.49. The summed E-state index contributed by atoms with van der Waals surface area (Å²) in [5, 5.41) is 9.59. The number of aliphatic carboxylic acids is 1. The molecule has 0 aliphatic rings. The van der Waals surface area contributed by atoms with Crippen LogP contribution >= 0.6 is 0 Å². The number of nitrogens with zero attached hydrogens (tertiary/aromatic N) is 1. The van der Waals surface area contributed by atoms with Crippen LogP contribution in [0, 0.1) is 0 Å². The zero-order chi connectivity index (χ0) is 37.1. The summed E-state index contributed by atoms with van der Waals surface area (Å²) >= 11 is 0. The van der Waals surface area contributed by atoms with E-state index in [-0.39, 0.29) is 36.2 Å². The highest BCUT2D eigenvalue weighted by atomic mass is 16.6. The van der Waals surface area contributed by atoms with Crippen molar-refractivity contribution in [2.45, 2.75) is 174 Å². The summed E-state index contributed by atoms with van der Waals surface area (Å²) < 4.78 is 17.2. The summed E-state index contributed by atoms with van der Waals surface area (Å²) in [6.07, 6.45) is 36.1. The maximum Gasteiger partial charge on any atom is 0.362 e. The molecule has 0 aliphatic heterocycles. The second-order valence-electron chi connectivity index (χ2n) is 14.6. The van der Waals surface area contributed by atoms with Gasteiger partial charge in [0.05, 0.1) is 34.4 Å². The van der Waals surface area contributed by atoms with Gasteiger partial charge < -0.3 is 23.8 Å². The fraction of sp³-hybridized carbons (Fsp3) is 0.786. The average molecular weight is 707 g/mol. The summed E-state index contributed by atoms with van der Waals surface area (Å²) in [6, 6.07) is -0.616. The van der Waals surface area contributed by atoms with Crippen molar-refractivity contribution >= 4 is 17.9 Å². The minimum atomic E-state index is -0.879. The van der Waals surface area contributed by atoms with E-state index >= 15 is 0 Å². The Morgan fingerprint density at radius 2 is 1.12 bits per heavy atom. The van der Waals surface area contributed by atoms with Crippen molar-refractivity contribution in [3.8, 4) is 0 Å². The molecule has 0 aromatic heterocycles. The monoisotopic (exact) mass is 707 g/mol. The Balaban J connectivity index is 4.42. The van der Waals surface area contributed by atoms with E-state index in [1.807, 2.05) is 27.2 Å². The van der Waals surface area contributed by atoms with E-state index in [1.165, 1.54) is 64.2 Å². The Kier molecular flexibility index (Phi) is 32.0. The first kappa shape index (κ1) is 47.5. The number of rotatable bonds is 35. The van der Waals surface area contributed by atoms with Gasteiger partial charge in [-0.05, 0) is 32.1 Å². The summed E-state index contributed by atoms with van der Waals surface area (Å²) in [4.78, 5) is 36.8. The Bertz CT molecular complexity index is 922. The molecule has 0 fully saturated rings. The second kappa shape index (κ2) is 33.7. The Hall–Kier alpha value is -2.45. The molecule has 0 saturated carbocycles. The molecule has 0 aromatic carbocycles. The molecule has 0 rings (SSSR count). The molecule has 0 spiro atoms. The lowest BCUT2D eigenvalue weighted by molar-refractivity contribution is -0.887. The Labute approximate surface area is 306 Å². The number of allylic oxidation sites excluding steroid dienone is 6. The van der Waals surface area contributed by atoms with Crippen LogP contribution < -0.4 is 0 Å². The van der Waals surface area contributed by atoms with Crippen LogP contribution in [0.25, 0.3) is 0 Å². The lowest BCUT2D eigenvalue weighted by Gasteiger charge is -2.31. The van der Waals surface area contributed by atoms with Crippen LogP contribution in [-0.4, -0.2) is 80.6 Å². The summed E-state index contributed by atoms with van der Waals surface area (Å²) in [7, 11) is 5.51. The first-order valence-electron chi connectivity index (χ1n) is 20.1.